The van der Waals surface area contributed by atoms with Crippen molar-refractivity contribution < 1.29 is 14.5 Å². The normalized spacial score (nSPS) is 10.4. The van der Waals surface area contributed by atoms with Gasteiger partial charge >= 0.3 is 0 Å². The van der Waals surface area contributed by atoms with Gasteiger partial charge in [-0.3, -0.25) is 14.9 Å². The fourth-order valence-corrected chi connectivity index (χ4v) is 2.49. The van der Waals surface area contributed by atoms with Crippen LogP contribution in [0.4, 0.5) is 11.4 Å². The molecular weight excluding hydrogens is 308 g/mol. The quantitative estimate of drug-likeness (QED) is 0.581. The molecule has 0 saturated carbocycles. The Labute approximate surface area is 137 Å². The summed E-state index contributed by atoms with van der Waals surface area (Å²) >= 11 is 0. The number of nitro benzene ring substituents is 1. The van der Waals surface area contributed by atoms with E-state index in [-0.39, 0.29) is 11.4 Å². The van der Waals surface area contributed by atoms with Gasteiger partial charge < -0.3 is 10.1 Å². The van der Waals surface area contributed by atoms with E-state index >= 15 is 0 Å². The topological polar surface area (TPSA) is 81.5 Å². The summed E-state index contributed by atoms with van der Waals surface area (Å²) < 4.78 is 5.30. The second-order valence-corrected chi connectivity index (χ2v) is 5.13. The van der Waals surface area contributed by atoms with Crippen molar-refractivity contribution in [1.82, 2.24) is 0 Å². The number of rotatable bonds is 4. The number of methoxy groups -OCH3 is 1. The Kier molecular flexibility index (Phi) is 4.11. The number of carbonyl (C=O) groups is 1. The minimum absolute atomic E-state index is 0.141. The number of para-hydroxylation sites is 2. The van der Waals surface area contributed by atoms with Gasteiger partial charge in [-0.1, -0.05) is 36.4 Å². The van der Waals surface area contributed by atoms with Gasteiger partial charge in [0.1, 0.15) is 11.4 Å². The number of hydrogen-bond acceptors (Lipinski definition) is 4. The van der Waals surface area contributed by atoms with Crippen LogP contribution in [0.25, 0.3) is 10.8 Å². The minimum atomic E-state index is -0.534. The van der Waals surface area contributed by atoms with Crippen LogP contribution < -0.4 is 10.1 Å². The number of nitro groups is 1. The average Bonchev–Trinajstić information content (AvgIpc) is 2.60. The number of benzene rings is 3. The van der Waals surface area contributed by atoms with Crippen molar-refractivity contribution in [3.63, 3.8) is 0 Å². The van der Waals surface area contributed by atoms with Crippen LogP contribution in [0.15, 0.2) is 60.7 Å². The molecule has 0 aromatic heterocycles. The molecular formula is C18H14N2O4. The lowest BCUT2D eigenvalue weighted by molar-refractivity contribution is -0.383. The number of nitrogens with zero attached hydrogens (tertiary/aromatic N) is 1. The lowest BCUT2D eigenvalue weighted by Crippen LogP contribution is -2.14. The van der Waals surface area contributed by atoms with Crippen molar-refractivity contribution in [3.8, 4) is 5.75 Å². The maximum atomic E-state index is 12.6. The zero-order chi connectivity index (χ0) is 17.1. The van der Waals surface area contributed by atoms with Gasteiger partial charge in [-0.2, -0.15) is 0 Å². The van der Waals surface area contributed by atoms with Gasteiger partial charge in [0.2, 0.25) is 0 Å². The summed E-state index contributed by atoms with van der Waals surface area (Å²) in [6, 6.07) is 17.1. The van der Waals surface area contributed by atoms with Crippen LogP contribution in [0, 0.1) is 10.1 Å². The third-order valence-electron chi connectivity index (χ3n) is 3.66. The van der Waals surface area contributed by atoms with E-state index in [0.29, 0.717) is 11.3 Å². The monoisotopic (exact) mass is 322 g/mol. The molecule has 0 saturated heterocycles. The summed E-state index contributed by atoms with van der Waals surface area (Å²) in [5.41, 5.74) is 0.294. The summed E-state index contributed by atoms with van der Waals surface area (Å²) in [5, 5.41) is 15.5. The zero-order valence-electron chi connectivity index (χ0n) is 12.9. The summed E-state index contributed by atoms with van der Waals surface area (Å²) in [6.07, 6.45) is 0. The number of nitrogens with one attached hydrogen (secondary N) is 1. The third-order valence-corrected chi connectivity index (χ3v) is 3.66. The summed E-state index contributed by atoms with van der Waals surface area (Å²) in [4.78, 5) is 23.1. The van der Waals surface area contributed by atoms with E-state index in [9.17, 15) is 14.9 Å². The highest BCUT2D eigenvalue weighted by Crippen LogP contribution is 2.28. The van der Waals surface area contributed by atoms with E-state index in [1.807, 2.05) is 24.3 Å². The lowest BCUT2D eigenvalue weighted by atomic mass is 10.1. The molecule has 0 bridgehead atoms. The van der Waals surface area contributed by atoms with Gasteiger partial charge in [-0.25, -0.2) is 0 Å². The number of ether oxygens (including phenoxy) is 1. The molecule has 0 aliphatic rings. The average molecular weight is 322 g/mol. The SMILES string of the molecule is COc1cc2ccccc2cc1C(=O)Nc1ccccc1[N+](=O)[O-]. The Morgan fingerprint density at radius 3 is 2.33 bits per heavy atom. The molecule has 6 nitrogen and oxygen atoms in total. The number of amides is 1. The first kappa shape index (κ1) is 15.5. The minimum Gasteiger partial charge on any atom is -0.496 e. The van der Waals surface area contributed by atoms with Crippen molar-refractivity contribution in [3.05, 3.63) is 76.3 Å². The van der Waals surface area contributed by atoms with Gasteiger partial charge in [0.15, 0.2) is 0 Å². The van der Waals surface area contributed by atoms with Crippen molar-refractivity contribution in [2.24, 2.45) is 0 Å². The smallest absolute Gasteiger partial charge is 0.292 e. The van der Waals surface area contributed by atoms with E-state index in [1.54, 1.807) is 24.3 Å². The highest BCUT2D eigenvalue weighted by atomic mass is 16.6. The Morgan fingerprint density at radius 1 is 1.04 bits per heavy atom. The Hall–Kier alpha value is -3.41. The zero-order valence-corrected chi connectivity index (χ0v) is 12.9. The molecule has 120 valence electrons. The van der Waals surface area contributed by atoms with Gasteiger partial charge in [0.05, 0.1) is 17.6 Å². The molecule has 0 fully saturated rings. The summed E-state index contributed by atoms with van der Waals surface area (Å²) in [6.45, 7) is 0. The molecule has 24 heavy (non-hydrogen) atoms. The number of fused-ring (bicyclic) bond motifs is 1. The van der Waals surface area contributed by atoms with E-state index in [1.165, 1.54) is 19.2 Å². The molecule has 0 heterocycles. The van der Waals surface area contributed by atoms with Crippen LogP contribution in [-0.4, -0.2) is 17.9 Å². The molecule has 0 spiro atoms. The lowest BCUT2D eigenvalue weighted by Gasteiger charge is -2.11. The maximum Gasteiger partial charge on any atom is 0.292 e. The van der Waals surface area contributed by atoms with Crippen LogP contribution in [0.5, 0.6) is 5.75 Å². The van der Waals surface area contributed by atoms with Crippen LogP contribution in [-0.2, 0) is 0 Å². The molecule has 0 radical (unpaired) electrons. The Morgan fingerprint density at radius 2 is 1.67 bits per heavy atom. The van der Waals surface area contributed by atoms with Crippen LogP contribution in [0.2, 0.25) is 0 Å². The molecule has 3 rings (SSSR count). The molecule has 3 aromatic rings. The maximum absolute atomic E-state index is 12.6. The van der Waals surface area contributed by atoms with Gasteiger partial charge in [0, 0.05) is 6.07 Å². The first-order valence-electron chi connectivity index (χ1n) is 7.21. The second-order valence-electron chi connectivity index (χ2n) is 5.13. The van der Waals surface area contributed by atoms with Gasteiger partial charge in [-0.05, 0) is 29.0 Å². The molecule has 1 amide bonds. The van der Waals surface area contributed by atoms with Crippen molar-refractivity contribution in [2.75, 3.05) is 12.4 Å². The molecule has 0 unspecified atom stereocenters. The standard InChI is InChI=1S/C18H14N2O4/c1-24-17-11-13-7-3-2-6-12(13)10-14(17)18(21)19-15-8-4-5-9-16(15)20(22)23/h2-11H,1H3,(H,19,21). The van der Waals surface area contributed by atoms with Crippen LogP contribution in [0.3, 0.4) is 0 Å². The molecule has 3 aromatic carbocycles. The fourth-order valence-electron chi connectivity index (χ4n) is 2.49. The molecule has 6 heteroatoms. The second kappa shape index (κ2) is 6.37. The Balaban J connectivity index is 2.01. The van der Waals surface area contributed by atoms with Gasteiger partial charge in [-0.15, -0.1) is 0 Å². The highest BCUT2D eigenvalue weighted by Gasteiger charge is 2.18. The van der Waals surface area contributed by atoms with Gasteiger partial charge in [0.25, 0.3) is 11.6 Å². The first-order valence-corrected chi connectivity index (χ1v) is 7.21. The Bertz CT molecular complexity index is 937. The fraction of sp³-hybridized carbons (Fsp3) is 0.0556. The van der Waals surface area contributed by atoms with Crippen LogP contribution >= 0.6 is 0 Å². The molecule has 0 atom stereocenters. The predicted octanol–water partition coefficient (Wildman–Crippen LogP) is 4.01. The van der Waals surface area contributed by atoms with E-state index < -0.39 is 10.8 Å². The largest absolute Gasteiger partial charge is 0.496 e. The first-order chi connectivity index (χ1) is 11.6. The van der Waals surface area contributed by atoms with E-state index in [4.69, 9.17) is 4.74 Å². The van der Waals surface area contributed by atoms with Crippen molar-refractivity contribution in [1.29, 1.82) is 0 Å². The van der Waals surface area contributed by atoms with Crippen LogP contribution in [0.1, 0.15) is 10.4 Å². The molecule has 0 aliphatic heterocycles. The number of anilines is 1. The summed E-state index contributed by atoms with van der Waals surface area (Å²) in [5.74, 6) is -0.0586. The molecule has 0 aliphatic carbocycles. The summed E-state index contributed by atoms with van der Waals surface area (Å²) in [7, 11) is 1.48. The highest BCUT2D eigenvalue weighted by molar-refractivity contribution is 6.09. The van der Waals surface area contributed by atoms with E-state index in [2.05, 4.69) is 5.32 Å². The molecule has 1 N–H and O–H groups in total. The van der Waals surface area contributed by atoms with Crippen molar-refractivity contribution in [2.45, 2.75) is 0 Å². The number of carbonyl (C=O) groups excluding carboxylic acids is 1. The van der Waals surface area contributed by atoms with E-state index in [0.717, 1.165) is 10.8 Å². The predicted molar refractivity (Wildman–Crippen MR) is 91.5 cm³/mol. The van der Waals surface area contributed by atoms with Crippen molar-refractivity contribution >= 4 is 28.1 Å². The third kappa shape index (κ3) is 2.89. The number of hydrogen-bond donors (Lipinski definition) is 1.